The molecule has 0 fully saturated rings. The van der Waals surface area contributed by atoms with Crippen LogP contribution in [-0.2, 0) is 10.0 Å². The monoisotopic (exact) mass is 338 g/mol. The zero-order chi connectivity index (χ0) is 16.3. The summed E-state index contributed by atoms with van der Waals surface area (Å²) >= 11 is 5.77. The van der Waals surface area contributed by atoms with Gasteiger partial charge in [0, 0.05) is 18.6 Å². The van der Waals surface area contributed by atoms with Crippen LogP contribution in [0, 0.1) is 11.2 Å². The predicted molar refractivity (Wildman–Crippen MR) is 81.1 cm³/mol. The molecule has 0 aliphatic carbocycles. The minimum absolute atomic E-state index is 0.0619. The summed E-state index contributed by atoms with van der Waals surface area (Å²) in [5.41, 5.74) is 4.55. The molecule has 21 heavy (non-hydrogen) atoms. The molecular formula is C13H20ClFN2O3S. The number of nitrogens with two attached hydrogens (primary N) is 1. The van der Waals surface area contributed by atoms with Gasteiger partial charge in [0.1, 0.15) is 10.7 Å². The van der Waals surface area contributed by atoms with Gasteiger partial charge in [0.25, 0.3) is 0 Å². The highest BCUT2D eigenvalue weighted by Crippen LogP contribution is 2.28. The molecular weight excluding hydrogens is 319 g/mol. The molecule has 0 atom stereocenters. The van der Waals surface area contributed by atoms with Crippen LogP contribution in [0.5, 0.6) is 0 Å². The lowest BCUT2D eigenvalue weighted by atomic mass is 9.84. The van der Waals surface area contributed by atoms with Gasteiger partial charge in [-0.2, -0.15) is 0 Å². The zero-order valence-electron chi connectivity index (χ0n) is 12.0. The molecule has 1 aromatic rings. The van der Waals surface area contributed by atoms with Crippen LogP contribution in [0.15, 0.2) is 17.0 Å². The Hall–Kier alpha value is -0.890. The van der Waals surface area contributed by atoms with E-state index in [1.54, 1.807) is 0 Å². The summed E-state index contributed by atoms with van der Waals surface area (Å²) in [7, 11) is -3.93. The van der Waals surface area contributed by atoms with Gasteiger partial charge < -0.3 is 10.8 Å². The van der Waals surface area contributed by atoms with E-state index in [4.69, 9.17) is 17.3 Å². The van der Waals surface area contributed by atoms with E-state index < -0.39 is 21.3 Å². The molecule has 0 saturated heterocycles. The summed E-state index contributed by atoms with van der Waals surface area (Å²) in [4.78, 5) is -0.276. The SMILES string of the molecule is CCC(CC)(CO)CNS(=O)(=O)c1cc(N)c(F)cc1Cl. The minimum Gasteiger partial charge on any atom is -0.396 e. The molecule has 0 heterocycles. The number of aliphatic hydroxyl groups is 1. The van der Waals surface area contributed by atoms with E-state index in [0.717, 1.165) is 12.1 Å². The lowest BCUT2D eigenvalue weighted by Crippen LogP contribution is -2.39. The first-order valence-corrected chi connectivity index (χ1v) is 8.42. The normalized spacial score (nSPS) is 12.6. The third kappa shape index (κ3) is 4.06. The summed E-state index contributed by atoms with van der Waals surface area (Å²) < 4.78 is 40.1. The smallest absolute Gasteiger partial charge is 0.242 e. The van der Waals surface area contributed by atoms with Crippen LogP contribution in [0.25, 0.3) is 0 Å². The van der Waals surface area contributed by atoms with Gasteiger partial charge in [0.05, 0.1) is 10.7 Å². The Morgan fingerprint density at radius 2 is 1.95 bits per heavy atom. The van der Waals surface area contributed by atoms with Crippen molar-refractivity contribution in [2.75, 3.05) is 18.9 Å². The van der Waals surface area contributed by atoms with Crippen LogP contribution in [-0.4, -0.2) is 26.7 Å². The van der Waals surface area contributed by atoms with Crippen molar-refractivity contribution in [2.45, 2.75) is 31.6 Å². The van der Waals surface area contributed by atoms with E-state index in [1.807, 2.05) is 13.8 Å². The van der Waals surface area contributed by atoms with E-state index in [0.29, 0.717) is 12.8 Å². The van der Waals surface area contributed by atoms with Crippen molar-refractivity contribution in [3.8, 4) is 0 Å². The number of sulfonamides is 1. The van der Waals surface area contributed by atoms with Crippen molar-refractivity contribution in [2.24, 2.45) is 5.41 Å². The number of hydrogen-bond donors (Lipinski definition) is 3. The average Bonchev–Trinajstić information content (AvgIpc) is 2.45. The summed E-state index contributed by atoms with van der Waals surface area (Å²) in [5, 5.41) is 9.21. The van der Waals surface area contributed by atoms with E-state index in [1.165, 1.54) is 0 Å². The first-order chi connectivity index (χ1) is 9.71. The van der Waals surface area contributed by atoms with Gasteiger partial charge in [-0.25, -0.2) is 17.5 Å². The number of aliphatic hydroxyl groups excluding tert-OH is 1. The first-order valence-electron chi connectivity index (χ1n) is 6.56. The van der Waals surface area contributed by atoms with Gasteiger partial charge in [0.2, 0.25) is 10.0 Å². The highest BCUT2D eigenvalue weighted by Gasteiger charge is 2.29. The second-order valence-electron chi connectivity index (χ2n) is 4.99. The lowest BCUT2D eigenvalue weighted by Gasteiger charge is -2.29. The summed E-state index contributed by atoms with van der Waals surface area (Å²) in [6.45, 7) is 3.67. The molecule has 1 rings (SSSR count). The molecule has 0 radical (unpaired) electrons. The maximum Gasteiger partial charge on any atom is 0.242 e. The van der Waals surface area contributed by atoms with E-state index >= 15 is 0 Å². The Bertz CT molecular complexity index is 595. The van der Waals surface area contributed by atoms with Gasteiger partial charge in [-0.1, -0.05) is 25.4 Å². The molecule has 0 saturated carbocycles. The molecule has 5 nitrogen and oxygen atoms in total. The molecule has 1 aromatic carbocycles. The Labute approximate surface area is 129 Å². The molecule has 4 N–H and O–H groups in total. The highest BCUT2D eigenvalue weighted by atomic mass is 35.5. The number of benzene rings is 1. The predicted octanol–water partition coefficient (Wildman–Crippen LogP) is 2.14. The molecule has 8 heteroatoms. The molecule has 0 bridgehead atoms. The van der Waals surface area contributed by atoms with Crippen molar-refractivity contribution in [3.05, 3.63) is 23.0 Å². The van der Waals surface area contributed by atoms with Crippen molar-refractivity contribution in [3.63, 3.8) is 0 Å². The van der Waals surface area contributed by atoms with Gasteiger partial charge in [-0.15, -0.1) is 0 Å². The lowest BCUT2D eigenvalue weighted by molar-refractivity contribution is 0.119. The van der Waals surface area contributed by atoms with Crippen LogP contribution in [0.3, 0.4) is 0 Å². The molecule has 0 amide bonds. The van der Waals surface area contributed by atoms with Crippen LogP contribution >= 0.6 is 11.6 Å². The minimum atomic E-state index is -3.93. The topological polar surface area (TPSA) is 92.4 Å². The number of rotatable bonds is 7. The van der Waals surface area contributed by atoms with Crippen molar-refractivity contribution in [1.82, 2.24) is 4.72 Å². The fourth-order valence-corrected chi connectivity index (χ4v) is 3.56. The molecule has 0 aliphatic heterocycles. The Balaban J connectivity index is 3.05. The summed E-state index contributed by atoms with van der Waals surface area (Å²) in [6.07, 6.45) is 1.23. The summed E-state index contributed by atoms with van der Waals surface area (Å²) in [5.74, 6) is -0.772. The third-order valence-electron chi connectivity index (χ3n) is 3.81. The second-order valence-corrected chi connectivity index (χ2v) is 7.14. The third-order valence-corrected chi connectivity index (χ3v) is 5.68. The van der Waals surface area contributed by atoms with Crippen LogP contribution in [0.2, 0.25) is 5.02 Å². The molecule has 0 aliphatic rings. The fraction of sp³-hybridized carbons (Fsp3) is 0.538. The average molecular weight is 339 g/mol. The van der Waals surface area contributed by atoms with Gasteiger partial charge in [0.15, 0.2) is 0 Å². The Morgan fingerprint density at radius 3 is 2.43 bits per heavy atom. The van der Waals surface area contributed by atoms with Crippen LogP contribution < -0.4 is 10.5 Å². The quantitative estimate of drug-likeness (QED) is 0.664. The number of anilines is 1. The molecule has 0 spiro atoms. The van der Waals surface area contributed by atoms with E-state index in [9.17, 15) is 17.9 Å². The maximum atomic E-state index is 13.2. The van der Waals surface area contributed by atoms with E-state index in [2.05, 4.69) is 4.72 Å². The molecule has 0 unspecified atom stereocenters. The zero-order valence-corrected chi connectivity index (χ0v) is 13.6. The Kier molecular flexibility index (Phi) is 5.98. The standard InChI is InChI=1S/C13H20ClFN2O3S/c1-3-13(4-2,8-18)7-17-21(19,20)12-6-11(16)10(15)5-9(12)14/h5-6,17-18H,3-4,7-8,16H2,1-2H3. The summed E-state index contributed by atoms with van der Waals surface area (Å²) in [6, 6.07) is 1.85. The van der Waals surface area contributed by atoms with Crippen LogP contribution in [0.1, 0.15) is 26.7 Å². The van der Waals surface area contributed by atoms with Crippen molar-refractivity contribution < 1.29 is 17.9 Å². The number of hydrogen-bond acceptors (Lipinski definition) is 4. The second kappa shape index (κ2) is 6.91. The van der Waals surface area contributed by atoms with Gasteiger partial charge in [-0.3, -0.25) is 0 Å². The number of nitrogen functional groups attached to an aromatic ring is 1. The van der Waals surface area contributed by atoms with Crippen LogP contribution in [0.4, 0.5) is 10.1 Å². The highest BCUT2D eigenvalue weighted by molar-refractivity contribution is 7.89. The number of nitrogens with one attached hydrogen (secondary N) is 1. The first kappa shape index (κ1) is 18.2. The molecule has 120 valence electrons. The number of halogens is 2. The maximum absolute atomic E-state index is 13.2. The van der Waals surface area contributed by atoms with Gasteiger partial charge >= 0.3 is 0 Å². The largest absolute Gasteiger partial charge is 0.396 e. The molecule has 0 aromatic heterocycles. The van der Waals surface area contributed by atoms with Crippen molar-refractivity contribution in [1.29, 1.82) is 0 Å². The Morgan fingerprint density at radius 1 is 1.38 bits per heavy atom. The fourth-order valence-electron chi connectivity index (χ4n) is 1.86. The van der Waals surface area contributed by atoms with E-state index in [-0.39, 0.29) is 28.8 Å². The van der Waals surface area contributed by atoms with Gasteiger partial charge in [-0.05, 0) is 25.0 Å². The van der Waals surface area contributed by atoms with Crippen molar-refractivity contribution >= 4 is 27.3 Å².